The Morgan fingerprint density at radius 1 is 1.27 bits per heavy atom. The van der Waals surface area contributed by atoms with Crippen molar-refractivity contribution in [2.75, 3.05) is 5.32 Å². The quantitative estimate of drug-likeness (QED) is 0.803. The number of rotatable bonds is 2. The van der Waals surface area contributed by atoms with Crippen molar-refractivity contribution in [3.63, 3.8) is 0 Å². The summed E-state index contributed by atoms with van der Waals surface area (Å²) in [6.07, 6.45) is 0. The summed E-state index contributed by atoms with van der Waals surface area (Å²) >= 11 is 0.868. The van der Waals surface area contributed by atoms with E-state index in [-0.39, 0.29) is 17.0 Å². The molecule has 1 aliphatic rings. The maximum absolute atomic E-state index is 12.6. The predicted octanol–water partition coefficient (Wildman–Crippen LogP) is 1.55. The summed E-state index contributed by atoms with van der Waals surface area (Å²) in [4.78, 5) is 22.0. The Morgan fingerprint density at radius 2 is 1.93 bits per heavy atom. The maximum Gasteiger partial charge on any atom is 0.288 e. The first-order valence-corrected chi connectivity index (χ1v) is 5.07. The molecular formula is C9H7FN2O2S. The molecule has 1 heterocycles. The molecule has 1 fully saturated rings. The zero-order chi connectivity index (χ0) is 10.8. The van der Waals surface area contributed by atoms with Gasteiger partial charge in [-0.1, -0.05) is 0 Å². The Balaban J connectivity index is 2.06. The molecule has 0 aromatic heterocycles. The molecule has 0 aliphatic carbocycles. The molecule has 2 rings (SSSR count). The van der Waals surface area contributed by atoms with Crippen LogP contribution in [0.5, 0.6) is 0 Å². The highest BCUT2D eigenvalue weighted by molar-refractivity contribution is 8.15. The first-order chi connectivity index (χ1) is 7.15. The van der Waals surface area contributed by atoms with Crippen LogP contribution in [0.3, 0.4) is 0 Å². The zero-order valence-electron chi connectivity index (χ0n) is 7.49. The van der Waals surface area contributed by atoms with Crippen LogP contribution in [0.1, 0.15) is 0 Å². The fourth-order valence-electron chi connectivity index (χ4n) is 1.15. The zero-order valence-corrected chi connectivity index (χ0v) is 8.31. The van der Waals surface area contributed by atoms with Crippen LogP contribution in [0.15, 0.2) is 24.3 Å². The van der Waals surface area contributed by atoms with Crippen LogP contribution in [0.2, 0.25) is 0 Å². The number of benzene rings is 1. The Labute approximate surface area is 89.2 Å². The van der Waals surface area contributed by atoms with E-state index in [9.17, 15) is 14.0 Å². The molecule has 0 saturated carbocycles. The SMILES string of the molecule is O=C1NC(=O)[C@@H](Nc2ccc(F)cc2)S1. The van der Waals surface area contributed by atoms with E-state index < -0.39 is 5.37 Å². The molecule has 0 spiro atoms. The standard InChI is InChI=1S/C9H7FN2O2S/c10-5-1-3-6(4-2-5)11-8-7(13)12-9(14)15-8/h1-4,8,11H,(H,12,13,14)/t8-/m0/s1. The summed E-state index contributed by atoms with van der Waals surface area (Å²) in [6, 6.07) is 5.57. The van der Waals surface area contributed by atoms with Gasteiger partial charge in [0, 0.05) is 5.69 Å². The second-order valence-corrected chi connectivity index (χ2v) is 4.00. The fourth-order valence-corrected chi connectivity index (χ4v) is 1.88. The number of nitrogens with one attached hydrogen (secondary N) is 2. The highest BCUT2D eigenvalue weighted by atomic mass is 32.2. The van der Waals surface area contributed by atoms with E-state index in [0.717, 1.165) is 11.8 Å². The Hall–Kier alpha value is -1.56. The summed E-state index contributed by atoms with van der Waals surface area (Å²) in [5.74, 6) is -0.727. The van der Waals surface area contributed by atoms with Gasteiger partial charge in [0.25, 0.3) is 11.1 Å². The molecule has 1 aromatic carbocycles. The van der Waals surface area contributed by atoms with Crippen molar-refractivity contribution < 1.29 is 14.0 Å². The van der Waals surface area contributed by atoms with Crippen molar-refractivity contribution in [2.45, 2.75) is 5.37 Å². The number of amides is 2. The van der Waals surface area contributed by atoms with Gasteiger partial charge in [0.05, 0.1) is 0 Å². The van der Waals surface area contributed by atoms with E-state index in [4.69, 9.17) is 0 Å². The van der Waals surface area contributed by atoms with Crippen LogP contribution < -0.4 is 10.6 Å². The van der Waals surface area contributed by atoms with Gasteiger partial charge >= 0.3 is 0 Å². The van der Waals surface area contributed by atoms with E-state index in [1.54, 1.807) is 0 Å². The number of hydrogen-bond donors (Lipinski definition) is 2. The summed E-state index contributed by atoms with van der Waals surface area (Å²) in [5, 5.41) is 3.95. The third-order valence-corrected chi connectivity index (χ3v) is 2.71. The van der Waals surface area contributed by atoms with Crippen molar-refractivity contribution in [1.29, 1.82) is 0 Å². The predicted molar refractivity (Wildman–Crippen MR) is 54.9 cm³/mol. The monoisotopic (exact) mass is 226 g/mol. The van der Waals surface area contributed by atoms with Gasteiger partial charge in [-0.25, -0.2) is 4.39 Å². The lowest BCUT2D eigenvalue weighted by Gasteiger charge is -2.09. The number of halogens is 1. The number of imide groups is 1. The summed E-state index contributed by atoms with van der Waals surface area (Å²) in [7, 11) is 0. The van der Waals surface area contributed by atoms with Gasteiger partial charge in [-0.15, -0.1) is 0 Å². The summed E-state index contributed by atoms with van der Waals surface area (Å²) in [6.45, 7) is 0. The third kappa shape index (κ3) is 2.27. The number of hydrogen-bond acceptors (Lipinski definition) is 4. The van der Waals surface area contributed by atoms with Crippen LogP contribution in [0, 0.1) is 5.82 Å². The summed E-state index contributed by atoms with van der Waals surface area (Å²) < 4.78 is 12.6. The molecule has 78 valence electrons. The lowest BCUT2D eigenvalue weighted by Crippen LogP contribution is -2.29. The third-order valence-electron chi connectivity index (χ3n) is 1.83. The summed E-state index contributed by atoms with van der Waals surface area (Å²) in [5.41, 5.74) is 0.596. The molecule has 0 radical (unpaired) electrons. The first kappa shape index (κ1) is 9.97. The van der Waals surface area contributed by atoms with Crippen molar-refractivity contribution in [3.05, 3.63) is 30.1 Å². The van der Waals surface area contributed by atoms with Crippen molar-refractivity contribution >= 4 is 28.6 Å². The average molecular weight is 226 g/mol. The molecule has 1 aliphatic heterocycles. The van der Waals surface area contributed by atoms with Crippen molar-refractivity contribution in [3.8, 4) is 0 Å². The molecular weight excluding hydrogens is 219 g/mol. The van der Waals surface area contributed by atoms with Crippen molar-refractivity contribution in [1.82, 2.24) is 5.32 Å². The van der Waals surface area contributed by atoms with Gasteiger partial charge in [-0.05, 0) is 36.0 Å². The molecule has 2 amide bonds. The lowest BCUT2D eigenvalue weighted by molar-refractivity contribution is -0.118. The van der Waals surface area contributed by atoms with E-state index in [0.29, 0.717) is 5.69 Å². The van der Waals surface area contributed by atoms with Gasteiger partial charge in [-0.2, -0.15) is 0 Å². The van der Waals surface area contributed by atoms with E-state index in [1.165, 1.54) is 24.3 Å². The largest absolute Gasteiger partial charge is 0.365 e. The lowest BCUT2D eigenvalue weighted by atomic mass is 10.3. The molecule has 2 N–H and O–H groups in total. The fraction of sp³-hybridized carbons (Fsp3) is 0.111. The molecule has 15 heavy (non-hydrogen) atoms. The molecule has 0 unspecified atom stereocenters. The topological polar surface area (TPSA) is 58.2 Å². The molecule has 0 bridgehead atoms. The maximum atomic E-state index is 12.6. The molecule has 1 atom stereocenters. The highest BCUT2D eigenvalue weighted by Gasteiger charge is 2.31. The van der Waals surface area contributed by atoms with Crippen molar-refractivity contribution in [2.24, 2.45) is 0 Å². The molecule has 1 saturated heterocycles. The number of thioether (sulfide) groups is 1. The Kier molecular flexibility index (Phi) is 2.59. The van der Waals surface area contributed by atoms with Gasteiger partial charge < -0.3 is 5.32 Å². The minimum absolute atomic E-state index is 0.347. The average Bonchev–Trinajstić information content (AvgIpc) is 2.49. The molecule has 6 heteroatoms. The number of carbonyl (C=O) groups is 2. The minimum Gasteiger partial charge on any atom is -0.365 e. The van der Waals surface area contributed by atoms with E-state index in [1.807, 2.05) is 0 Å². The first-order valence-electron chi connectivity index (χ1n) is 4.19. The number of anilines is 1. The Bertz CT molecular complexity index is 407. The second-order valence-electron chi connectivity index (χ2n) is 2.93. The van der Waals surface area contributed by atoms with Crippen LogP contribution in [-0.2, 0) is 4.79 Å². The normalized spacial score (nSPS) is 20.2. The van der Waals surface area contributed by atoms with Crippen LogP contribution in [-0.4, -0.2) is 16.5 Å². The highest BCUT2D eigenvalue weighted by Crippen LogP contribution is 2.21. The van der Waals surface area contributed by atoms with E-state index >= 15 is 0 Å². The van der Waals surface area contributed by atoms with Gasteiger partial charge in [-0.3, -0.25) is 14.9 Å². The second kappa shape index (κ2) is 3.90. The van der Waals surface area contributed by atoms with E-state index in [2.05, 4.69) is 10.6 Å². The van der Waals surface area contributed by atoms with Gasteiger partial charge in [0.15, 0.2) is 5.37 Å². The number of carbonyl (C=O) groups excluding carboxylic acids is 2. The smallest absolute Gasteiger partial charge is 0.288 e. The van der Waals surface area contributed by atoms with Crippen LogP contribution >= 0.6 is 11.8 Å². The minimum atomic E-state index is -0.636. The molecule has 4 nitrogen and oxygen atoms in total. The van der Waals surface area contributed by atoms with Crippen LogP contribution in [0.4, 0.5) is 14.9 Å². The van der Waals surface area contributed by atoms with Gasteiger partial charge in [0.2, 0.25) is 0 Å². The van der Waals surface area contributed by atoms with Crippen LogP contribution in [0.25, 0.3) is 0 Å². The van der Waals surface area contributed by atoms with Gasteiger partial charge in [0.1, 0.15) is 5.82 Å². The Morgan fingerprint density at radius 3 is 2.47 bits per heavy atom. The molecule has 1 aromatic rings.